The normalized spacial score (nSPS) is 15.3. The molecule has 9 heteroatoms. The smallest absolute Gasteiger partial charge is 0.544 e. The fraction of sp³-hybridized carbons (Fsp3) is 0.737. The minimum Gasteiger partial charge on any atom is -0.544 e. The van der Waals surface area contributed by atoms with Crippen LogP contribution >= 0.6 is 0 Å². The van der Waals surface area contributed by atoms with Crippen molar-refractivity contribution in [1.82, 2.24) is 5.32 Å². The molecule has 3 unspecified atom stereocenters. The Morgan fingerprint density at radius 1 is 1.11 bits per heavy atom. The third-order valence-corrected chi connectivity index (χ3v) is 4.91. The van der Waals surface area contributed by atoms with Gasteiger partial charge < -0.3 is 29.9 Å². The number of carbonyl (C=O) groups is 3. The van der Waals surface area contributed by atoms with E-state index in [1.165, 1.54) is 6.08 Å². The molecule has 0 aromatic carbocycles. The number of rotatable bonds is 15. The van der Waals surface area contributed by atoms with E-state index in [2.05, 4.69) is 12.2 Å². The first-order valence-electron chi connectivity index (χ1n) is 9.65. The van der Waals surface area contributed by atoms with Crippen LogP contribution in [0.2, 0.25) is 0 Å². The molecule has 0 fully saturated rings. The van der Waals surface area contributed by atoms with Gasteiger partial charge in [0.05, 0.1) is 25.7 Å². The predicted octanol–water partition coefficient (Wildman–Crippen LogP) is -2.95. The van der Waals surface area contributed by atoms with Crippen molar-refractivity contribution in [2.75, 3.05) is 26.2 Å². The average molecular weight is 393 g/mol. The van der Waals surface area contributed by atoms with E-state index < -0.39 is 24.0 Å². The molecule has 8 nitrogen and oxygen atoms in total. The Hall–Kier alpha value is -1.33. The standard InChI is InChI=1S/C19H34N2O6.Li/c1-4-7-8-9-10-17(23)20-11-12-21(13-14-22,15(5-2)18(24)25)16(6-3)19(26)27;/h9-10,15-16,22H,4-8,11-14H2,1-3H3,(H2-,20,23,24,25,26,27);/q;+1/b10-9+;. The zero-order chi connectivity index (χ0) is 20.9. The number of aliphatic carboxylic acids is 2. The van der Waals surface area contributed by atoms with Crippen molar-refractivity contribution in [2.24, 2.45) is 0 Å². The Morgan fingerprint density at radius 2 is 1.71 bits per heavy atom. The maximum Gasteiger partial charge on any atom is 1.00 e. The van der Waals surface area contributed by atoms with Gasteiger partial charge in [-0.2, -0.15) is 0 Å². The summed E-state index contributed by atoms with van der Waals surface area (Å²) in [4.78, 5) is 35.4. The maximum absolute atomic E-state index is 11.9. The number of nitrogens with zero attached hydrogens (tertiary/aromatic N) is 1. The van der Waals surface area contributed by atoms with Crippen LogP contribution in [-0.2, 0) is 14.4 Å². The van der Waals surface area contributed by atoms with Crippen molar-refractivity contribution < 1.29 is 53.0 Å². The fourth-order valence-corrected chi connectivity index (χ4v) is 3.60. The number of unbranched alkanes of at least 4 members (excludes halogenated alkanes) is 2. The third kappa shape index (κ3) is 8.78. The molecule has 156 valence electrons. The third-order valence-electron chi connectivity index (χ3n) is 4.91. The number of aliphatic hydroxyl groups excluding tert-OH is 1. The number of carbonyl (C=O) groups excluding carboxylic acids is 2. The van der Waals surface area contributed by atoms with Crippen LogP contribution in [0.4, 0.5) is 0 Å². The van der Waals surface area contributed by atoms with Crippen molar-refractivity contribution >= 4 is 17.8 Å². The summed E-state index contributed by atoms with van der Waals surface area (Å²) in [5, 5.41) is 33.5. The van der Waals surface area contributed by atoms with Gasteiger partial charge in [-0.15, -0.1) is 0 Å². The van der Waals surface area contributed by atoms with Gasteiger partial charge in [-0.1, -0.05) is 39.7 Å². The summed E-state index contributed by atoms with van der Waals surface area (Å²) in [6.07, 6.45) is 6.38. The second kappa shape index (κ2) is 15.6. The zero-order valence-electron chi connectivity index (χ0n) is 17.6. The van der Waals surface area contributed by atoms with Crippen LogP contribution in [-0.4, -0.2) is 70.9 Å². The van der Waals surface area contributed by atoms with E-state index in [9.17, 15) is 29.7 Å². The second-order valence-electron chi connectivity index (χ2n) is 6.61. The molecule has 0 spiro atoms. The van der Waals surface area contributed by atoms with Crippen LogP contribution in [0, 0.1) is 0 Å². The van der Waals surface area contributed by atoms with E-state index in [0.717, 1.165) is 19.3 Å². The van der Waals surface area contributed by atoms with Gasteiger partial charge in [0.25, 0.3) is 0 Å². The molecule has 28 heavy (non-hydrogen) atoms. The minimum absolute atomic E-state index is 0. The van der Waals surface area contributed by atoms with Crippen LogP contribution in [0.1, 0.15) is 52.9 Å². The van der Waals surface area contributed by atoms with E-state index in [-0.39, 0.29) is 68.3 Å². The zero-order valence-corrected chi connectivity index (χ0v) is 17.6. The summed E-state index contributed by atoms with van der Waals surface area (Å²) in [5.74, 6) is -2.79. The molecular formula is C19H34LiN2O6+. The van der Waals surface area contributed by atoms with Crippen molar-refractivity contribution in [3.8, 4) is 0 Å². The predicted molar refractivity (Wildman–Crippen MR) is 99.6 cm³/mol. The molecular weight excluding hydrogens is 359 g/mol. The van der Waals surface area contributed by atoms with Gasteiger partial charge in [-0.25, -0.2) is 4.79 Å². The number of quaternary nitrogens is 1. The van der Waals surface area contributed by atoms with Crippen molar-refractivity contribution in [3.05, 3.63) is 12.2 Å². The van der Waals surface area contributed by atoms with Gasteiger partial charge >= 0.3 is 24.8 Å². The van der Waals surface area contributed by atoms with Gasteiger partial charge in [0, 0.05) is 12.8 Å². The summed E-state index contributed by atoms with van der Waals surface area (Å²) in [6, 6.07) is -2.10. The van der Waals surface area contributed by atoms with Crippen LogP contribution in [0.5, 0.6) is 0 Å². The number of hydrogen-bond donors (Lipinski definition) is 3. The number of amides is 1. The SMILES string of the molecule is CCCC/C=C/C(=O)NCC[N+](CCO)(C(CC)C(=O)[O-])C(CC)C(=O)O.[Li+]. The molecule has 0 rings (SSSR count). The molecule has 0 saturated heterocycles. The molecule has 0 aliphatic carbocycles. The summed E-state index contributed by atoms with van der Waals surface area (Å²) in [5.41, 5.74) is 0. The maximum atomic E-state index is 11.9. The Labute approximate surface area is 179 Å². The second-order valence-corrected chi connectivity index (χ2v) is 6.61. The Balaban J connectivity index is 0. The summed E-state index contributed by atoms with van der Waals surface area (Å²) >= 11 is 0. The first-order chi connectivity index (χ1) is 12.8. The van der Waals surface area contributed by atoms with Crippen LogP contribution in [0.15, 0.2) is 12.2 Å². The largest absolute Gasteiger partial charge is 1.00 e. The van der Waals surface area contributed by atoms with E-state index in [1.807, 2.05) is 0 Å². The quantitative estimate of drug-likeness (QED) is 0.118. The Morgan fingerprint density at radius 3 is 2.14 bits per heavy atom. The Kier molecular flexibility index (Phi) is 16.1. The molecule has 0 heterocycles. The Bertz CT molecular complexity index is 491. The first-order valence-corrected chi connectivity index (χ1v) is 9.65. The number of nitrogens with one attached hydrogen (secondary N) is 1. The molecule has 0 aromatic rings. The molecule has 0 aliphatic heterocycles. The minimum atomic E-state index is -1.35. The molecule has 3 atom stereocenters. The molecule has 0 aliphatic rings. The van der Waals surface area contributed by atoms with E-state index in [1.54, 1.807) is 19.9 Å². The molecule has 3 N–H and O–H groups in total. The van der Waals surface area contributed by atoms with Crippen molar-refractivity contribution in [3.63, 3.8) is 0 Å². The monoisotopic (exact) mass is 393 g/mol. The van der Waals surface area contributed by atoms with Gasteiger partial charge in [0.2, 0.25) is 5.91 Å². The fourth-order valence-electron chi connectivity index (χ4n) is 3.60. The molecule has 0 bridgehead atoms. The van der Waals surface area contributed by atoms with Crippen LogP contribution < -0.4 is 29.3 Å². The number of aliphatic hydroxyl groups is 1. The van der Waals surface area contributed by atoms with E-state index >= 15 is 0 Å². The van der Waals surface area contributed by atoms with Gasteiger partial charge in [-0.3, -0.25) is 4.79 Å². The van der Waals surface area contributed by atoms with Gasteiger partial charge in [0.15, 0.2) is 6.04 Å². The topological polar surface area (TPSA) is 127 Å². The van der Waals surface area contributed by atoms with E-state index in [4.69, 9.17) is 0 Å². The first kappa shape index (κ1) is 28.9. The van der Waals surface area contributed by atoms with Crippen LogP contribution in [0.25, 0.3) is 0 Å². The number of carboxylic acid groups (broad SMARTS) is 2. The summed E-state index contributed by atoms with van der Waals surface area (Å²) < 4.78 is -0.360. The van der Waals surface area contributed by atoms with E-state index in [0.29, 0.717) is 0 Å². The number of hydrogen-bond acceptors (Lipinski definition) is 5. The number of allylic oxidation sites excluding steroid dienone is 1. The summed E-state index contributed by atoms with van der Waals surface area (Å²) in [6.45, 7) is 5.14. The van der Waals surface area contributed by atoms with Gasteiger partial charge in [-0.05, 0) is 12.5 Å². The van der Waals surface area contributed by atoms with Crippen molar-refractivity contribution in [1.29, 1.82) is 0 Å². The van der Waals surface area contributed by atoms with Crippen LogP contribution in [0.3, 0.4) is 0 Å². The molecule has 0 aromatic heterocycles. The van der Waals surface area contributed by atoms with Crippen molar-refractivity contribution in [2.45, 2.75) is 65.0 Å². The summed E-state index contributed by atoms with van der Waals surface area (Å²) in [7, 11) is 0. The molecule has 0 radical (unpaired) electrons. The number of carboxylic acids is 2. The average Bonchev–Trinajstić information content (AvgIpc) is 2.59. The molecule has 0 saturated carbocycles. The molecule has 1 amide bonds. The van der Waals surface area contributed by atoms with Gasteiger partial charge in [0.1, 0.15) is 12.6 Å².